The highest BCUT2D eigenvalue weighted by Crippen LogP contribution is 2.27. The van der Waals surface area contributed by atoms with Gasteiger partial charge in [-0.05, 0) is 30.2 Å². The number of ether oxygens (including phenoxy) is 1. The van der Waals surface area contributed by atoms with Crippen molar-refractivity contribution in [1.82, 2.24) is 0 Å². The molecule has 0 radical (unpaired) electrons. The van der Waals surface area contributed by atoms with Crippen LogP contribution < -0.4 is 10.5 Å². The van der Waals surface area contributed by atoms with Crippen LogP contribution in [0.4, 0.5) is 4.39 Å². The van der Waals surface area contributed by atoms with E-state index >= 15 is 0 Å². The maximum atomic E-state index is 13.3. The molecule has 0 aliphatic heterocycles. The van der Waals surface area contributed by atoms with E-state index in [0.717, 1.165) is 0 Å². The van der Waals surface area contributed by atoms with Crippen LogP contribution in [0, 0.1) is 12.7 Å². The predicted octanol–water partition coefficient (Wildman–Crippen LogP) is 1.27. The van der Waals surface area contributed by atoms with Gasteiger partial charge in [-0.2, -0.15) is 0 Å². The van der Waals surface area contributed by atoms with Crippen molar-refractivity contribution < 1.29 is 19.0 Å². The number of aliphatic carboxylic acids is 1. The van der Waals surface area contributed by atoms with E-state index < -0.39 is 17.7 Å². The first kappa shape index (κ1) is 12.4. The zero-order valence-electron chi connectivity index (χ0n) is 9.16. The number of hydrogen-bond acceptors (Lipinski definition) is 3. The van der Waals surface area contributed by atoms with Gasteiger partial charge in [0.15, 0.2) is 11.6 Å². The average Bonchev–Trinajstić information content (AvgIpc) is 2.21. The summed E-state index contributed by atoms with van der Waals surface area (Å²) in [4.78, 5) is 11.0. The van der Waals surface area contributed by atoms with E-state index in [1.165, 1.54) is 19.2 Å². The monoisotopic (exact) mass is 227 g/mol. The van der Waals surface area contributed by atoms with E-state index in [1.807, 2.05) is 0 Å². The molecule has 16 heavy (non-hydrogen) atoms. The molecule has 4 nitrogen and oxygen atoms in total. The van der Waals surface area contributed by atoms with Gasteiger partial charge in [0.2, 0.25) is 0 Å². The fourth-order valence-electron chi connectivity index (χ4n) is 1.56. The fourth-order valence-corrected chi connectivity index (χ4v) is 1.56. The summed E-state index contributed by atoms with van der Waals surface area (Å²) < 4.78 is 18.1. The van der Waals surface area contributed by atoms with Gasteiger partial charge in [-0.1, -0.05) is 0 Å². The van der Waals surface area contributed by atoms with E-state index in [-0.39, 0.29) is 12.3 Å². The molecule has 0 aliphatic rings. The lowest BCUT2D eigenvalue weighted by molar-refractivity contribution is -0.138. The Bertz CT molecular complexity index is 406. The van der Waals surface area contributed by atoms with Gasteiger partial charge >= 0.3 is 5.97 Å². The molecule has 1 aromatic rings. The lowest BCUT2D eigenvalue weighted by atomic mass is 9.94. The molecule has 0 saturated carbocycles. The molecule has 88 valence electrons. The Labute approximate surface area is 92.8 Å². The van der Waals surface area contributed by atoms with Crippen LogP contribution in [0.15, 0.2) is 12.1 Å². The summed E-state index contributed by atoms with van der Waals surface area (Å²) in [6.45, 7) is 1.61. The second-order valence-corrected chi connectivity index (χ2v) is 3.47. The van der Waals surface area contributed by atoms with Crippen molar-refractivity contribution in [2.45, 2.75) is 12.8 Å². The van der Waals surface area contributed by atoms with Gasteiger partial charge in [0.25, 0.3) is 0 Å². The number of carboxylic acids is 1. The normalized spacial score (nSPS) is 12.2. The third-order valence-electron chi connectivity index (χ3n) is 2.45. The molecule has 1 unspecified atom stereocenters. The Morgan fingerprint density at radius 1 is 1.62 bits per heavy atom. The number of methoxy groups -OCH3 is 1. The molecule has 0 fully saturated rings. The van der Waals surface area contributed by atoms with Gasteiger partial charge in [-0.15, -0.1) is 0 Å². The molecule has 1 rings (SSSR count). The van der Waals surface area contributed by atoms with Gasteiger partial charge in [0.1, 0.15) is 0 Å². The van der Waals surface area contributed by atoms with Crippen LogP contribution >= 0.6 is 0 Å². The minimum Gasteiger partial charge on any atom is -0.494 e. The number of carboxylic acid groups (broad SMARTS) is 1. The van der Waals surface area contributed by atoms with Crippen LogP contribution in [0.25, 0.3) is 0 Å². The number of nitrogens with two attached hydrogens (primary N) is 1. The minimum atomic E-state index is -1.03. The van der Waals surface area contributed by atoms with Crippen molar-refractivity contribution in [2.75, 3.05) is 13.7 Å². The molecule has 0 aromatic heterocycles. The highest BCUT2D eigenvalue weighted by molar-refractivity contribution is 5.77. The predicted molar refractivity (Wildman–Crippen MR) is 57.1 cm³/mol. The minimum absolute atomic E-state index is 0.0281. The number of hydrogen-bond donors (Lipinski definition) is 2. The molecule has 0 aliphatic carbocycles. The molecular weight excluding hydrogens is 213 g/mol. The first-order chi connectivity index (χ1) is 7.51. The zero-order valence-corrected chi connectivity index (χ0v) is 9.16. The Morgan fingerprint density at radius 3 is 2.69 bits per heavy atom. The summed E-state index contributed by atoms with van der Waals surface area (Å²) in [7, 11) is 1.33. The van der Waals surface area contributed by atoms with Crippen molar-refractivity contribution in [3.63, 3.8) is 0 Å². The molecule has 0 heterocycles. The quantitative estimate of drug-likeness (QED) is 0.812. The summed E-state index contributed by atoms with van der Waals surface area (Å²) in [5.41, 5.74) is 6.42. The summed E-state index contributed by atoms with van der Waals surface area (Å²) in [6, 6.07) is 2.64. The number of halogens is 1. The van der Waals surface area contributed by atoms with E-state index in [0.29, 0.717) is 11.1 Å². The number of benzene rings is 1. The number of carbonyl (C=O) groups is 1. The van der Waals surface area contributed by atoms with Crippen molar-refractivity contribution in [3.05, 3.63) is 29.1 Å². The second kappa shape index (κ2) is 4.94. The average molecular weight is 227 g/mol. The number of aryl methyl sites for hydroxylation is 1. The second-order valence-electron chi connectivity index (χ2n) is 3.47. The Hall–Kier alpha value is -1.62. The third kappa shape index (κ3) is 2.30. The first-order valence-corrected chi connectivity index (χ1v) is 4.78. The lowest BCUT2D eigenvalue weighted by Crippen LogP contribution is -2.22. The smallest absolute Gasteiger partial charge is 0.312 e. The molecular formula is C11H14FNO3. The highest BCUT2D eigenvalue weighted by atomic mass is 19.1. The standard InChI is InChI=1S/C11H14FNO3/c1-6-3-9(12)10(16-2)4-7(6)8(5-13)11(14)15/h3-4,8H,5,13H2,1-2H3,(H,14,15). The zero-order chi connectivity index (χ0) is 12.3. The topological polar surface area (TPSA) is 72.5 Å². The summed E-state index contributed by atoms with van der Waals surface area (Å²) >= 11 is 0. The van der Waals surface area contributed by atoms with Gasteiger partial charge in [-0.3, -0.25) is 4.79 Å². The highest BCUT2D eigenvalue weighted by Gasteiger charge is 2.21. The Balaban J connectivity index is 3.26. The van der Waals surface area contributed by atoms with Gasteiger partial charge in [0.05, 0.1) is 13.0 Å². The first-order valence-electron chi connectivity index (χ1n) is 4.78. The fraction of sp³-hybridized carbons (Fsp3) is 0.364. The Morgan fingerprint density at radius 2 is 2.25 bits per heavy atom. The molecule has 0 saturated heterocycles. The number of rotatable bonds is 4. The van der Waals surface area contributed by atoms with Gasteiger partial charge in [0, 0.05) is 6.54 Å². The lowest BCUT2D eigenvalue weighted by Gasteiger charge is -2.15. The molecule has 1 atom stereocenters. The van der Waals surface area contributed by atoms with E-state index in [1.54, 1.807) is 6.92 Å². The maximum absolute atomic E-state index is 13.3. The van der Waals surface area contributed by atoms with Crippen molar-refractivity contribution in [1.29, 1.82) is 0 Å². The van der Waals surface area contributed by atoms with Gasteiger partial charge < -0.3 is 15.6 Å². The van der Waals surface area contributed by atoms with Crippen LogP contribution in [-0.4, -0.2) is 24.7 Å². The summed E-state index contributed by atoms with van der Waals surface area (Å²) in [5.74, 6) is -2.35. The largest absolute Gasteiger partial charge is 0.494 e. The third-order valence-corrected chi connectivity index (χ3v) is 2.45. The van der Waals surface area contributed by atoms with E-state index in [4.69, 9.17) is 15.6 Å². The molecule has 0 bridgehead atoms. The molecule has 5 heteroatoms. The van der Waals surface area contributed by atoms with Crippen molar-refractivity contribution in [2.24, 2.45) is 5.73 Å². The van der Waals surface area contributed by atoms with Crippen LogP contribution in [0.1, 0.15) is 17.0 Å². The molecule has 0 spiro atoms. The van der Waals surface area contributed by atoms with E-state index in [9.17, 15) is 9.18 Å². The van der Waals surface area contributed by atoms with Crippen LogP contribution in [-0.2, 0) is 4.79 Å². The molecule has 0 amide bonds. The van der Waals surface area contributed by atoms with Crippen LogP contribution in [0.2, 0.25) is 0 Å². The Kier molecular flexibility index (Phi) is 3.84. The van der Waals surface area contributed by atoms with E-state index in [2.05, 4.69) is 0 Å². The van der Waals surface area contributed by atoms with Crippen molar-refractivity contribution >= 4 is 5.97 Å². The van der Waals surface area contributed by atoms with Crippen LogP contribution in [0.3, 0.4) is 0 Å². The molecule has 3 N–H and O–H groups in total. The summed E-state index contributed by atoms with van der Waals surface area (Å²) in [5, 5.41) is 8.97. The SMILES string of the molecule is COc1cc(C(CN)C(=O)O)c(C)cc1F. The van der Waals surface area contributed by atoms with Gasteiger partial charge in [-0.25, -0.2) is 4.39 Å². The summed E-state index contributed by atoms with van der Waals surface area (Å²) in [6.07, 6.45) is 0. The molecule has 1 aromatic carbocycles. The maximum Gasteiger partial charge on any atom is 0.312 e. The van der Waals surface area contributed by atoms with Crippen LogP contribution in [0.5, 0.6) is 5.75 Å². The van der Waals surface area contributed by atoms with Crippen molar-refractivity contribution in [3.8, 4) is 5.75 Å².